The Balaban J connectivity index is 1.49. The van der Waals surface area contributed by atoms with Crippen LogP contribution in [0.3, 0.4) is 0 Å². The summed E-state index contributed by atoms with van der Waals surface area (Å²) in [6.07, 6.45) is 2.19. The molecule has 1 aliphatic carbocycles. The Morgan fingerprint density at radius 1 is 1.25 bits per heavy atom. The van der Waals surface area contributed by atoms with Gasteiger partial charge in [-0.3, -0.25) is 9.59 Å². The third-order valence-corrected chi connectivity index (χ3v) is 4.32. The number of aromatic nitrogens is 2. The third kappa shape index (κ3) is 4.14. The molecule has 1 aliphatic rings. The van der Waals surface area contributed by atoms with Gasteiger partial charge in [0, 0.05) is 31.3 Å². The van der Waals surface area contributed by atoms with E-state index in [1.54, 1.807) is 38.4 Å². The van der Waals surface area contributed by atoms with E-state index in [2.05, 4.69) is 15.5 Å². The maximum absolute atomic E-state index is 12.0. The first kappa shape index (κ1) is 16.5. The maximum Gasteiger partial charge on any atom is 0.277 e. The summed E-state index contributed by atoms with van der Waals surface area (Å²) >= 11 is 1.21. The fraction of sp³-hybridized carbons (Fsp3) is 0.375. The van der Waals surface area contributed by atoms with E-state index in [1.165, 1.54) is 16.7 Å². The summed E-state index contributed by atoms with van der Waals surface area (Å²) in [4.78, 5) is 25.3. The molecule has 0 atom stereocenters. The smallest absolute Gasteiger partial charge is 0.277 e. The summed E-state index contributed by atoms with van der Waals surface area (Å²) in [7, 11) is 3.39. The van der Waals surface area contributed by atoms with Crippen LogP contribution in [0.25, 0.3) is 0 Å². The van der Waals surface area contributed by atoms with E-state index < -0.39 is 0 Å². The number of nitrogens with zero attached hydrogens (tertiary/aromatic N) is 3. The molecular formula is C16H18N4O3S. The highest BCUT2D eigenvalue weighted by atomic mass is 32.2. The van der Waals surface area contributed by atoms with Crippen LogP contribution in [0, 0.1) is 0 Å². The number of rotatable bonds is 6. The van der Waals surface area contributed by atoms with Gasteiger partial charge in [-0.25, -0.2) is 0 Å². The third-order valence-electron chi connectivity index (χ3n) is 3.50. The molecule has 1 aromatic heterocycles. The van der Waals surface area contributed by atoms with Crippen LogP contribution in [-0.4, -0.2) is 46.8 Å². The van der Waals surface area contributed by atoms with Crippen LogP contribution in [0.4, 0.5) is 5.69 Å². The average molecular weight is 346 g/mol. The fourth-order valence-corrected chi connectivity index (χ4v) is 2.62. The van der Waals surface area contributed by atoms with Gasteiger partial charge in [0.15, 0.2) is 0 Å². The van der Waals surface area contributed by atoms with Crippen molar-refractivity contribution in [1.29, 1.82) is 0 Å². The number of benzene rings is 1. The van der Waals surface area contributed by atoms with Gasteiger partial charge < -0.3 is 14.6 Å². The van der Waals surface area contributed by atoms with E-state index >= 15 is 0 Å². The fourth-order valence-electron chi connectivity index (χ4n) is 2.05. The zero-order valence-corrected chi connectivity index (χ0v) is 14.3. The van der Waals surface area contributed by atoms with Crippen molar-refractivity contribution in [3.05, 3.63) is 35.7 Å². The number of hydrogen-bond donors (Lipinski definition) is 1. The van der Waals surface area contributed by atoms with Gasteiger partial charge in [-0.15, -0.1) is 10.2 Å². The number of amides is 2. The molecule has 0 aliphatic heterocycles. The summed E-state index contributed by atoms with van der Waals surface area (Å²) in [6, 6.07) is 6.78. The van der Waals surface area contributed by atoms with Gasteiger partial charge in [0.1, 0.15) is 0 Å². The number of anilines is 1. The van der Waals surface area contributed by atoms with Gasteiger partial charge in [0.05, 0.1) is 5.75 Å². The Labute approximate surface area is 143 Å². The number of carbonyl (C=O) groups excluding carboxylic acids is 2. The van der Waals surface area contributed by atoms with Gasteiger partial charge in [-0.2, -0.15) is 0 Å². The Kier molecular flexibility index (Phi) is 4.84. The largest absolute Gasteiger partial charge is 0.416 e. The minimum Gasteiger partial charge on any atom is -0.416 e. The lowest BCUT2D eigenvalue weighted by Crippen LogP contribution is -2.21. The second-order valence-corrected chi connectivity index (χ2v) is 6.72. The second kappa shape index (κ2) is 7.04. The van der Waals surface area contributed by atoms with Gasteiger partial charge in [0.2, 0.25) is 11.8 Å². The van der Waals surface area contributed by atoms with E-state index in [4.69, 9.17) is 4.42 Å². The average Bonchev–Trinajstić information content (AvgIpc) is 3.31. The molecule has 2 aromatic rings. The molecule has 126 valence electrons. The molecule has 0 saturated heterocycles. The van der Waals surface area contributed by atoms with Gasteiger partial charge in [-0.1, -0.05) is 11.8 Å². The predicted octanol–water partition coefficient (Wildman–Crippen LogP) is 2.38. The van der Waals surface area contributed by atoms with E-state index in [0.717, 1.165) is 12.8 Å². The quantitative estimate of drug-likeness (QED) is 0.808. The molecule has 0 unspecified atom stereocenters. The SMILES string of the molecule is CN(C)C(=O)c1ccc(NC(=O)CSc2nnc(C3CC3)o2)cc1. The van der Waals surface area contributed by atoms with Crippen LogP contribution in [0.1, 0.15) is 35.0 Å². The van der Waals surface area contributed by atoms with Crippen molar-refractivity contribution < 1.29 is 14.0 Å². The number of thioether (sulfide) groups is 1. The topological polar surface area (TPSA) is 88.3 Å². The van der Waals surface area contributed by atoms with Crippen molar-refractivity contribution in [2.45, 2.75) is 24.0 Å². The summed E-state index contributed by atoms with van der Waals surface area (Å²) in [5, 5.41) is 11.1. The minimum atomic E-state index is -0.169. The zero-order valence-electron chi connectivity index (χ0n) is 13.5. The monoisotopic (exact) mass is 346 g/mol. The Morgan fingerprint density at radius 2 is 1.96 bits per heavy atom. The highest BCUT2D eigenvalue weighted by Gasteiger charge is 2.29. The number of hydrogen-bond acceptors (Lipinski definition) is 6. The predicted molar refractivity (Wildman–Crippen MR) is 90.1 cm³/mol. The van der Waals surface area contributed by atoms with Crippen molar-refractivity contribution in [1.82, 2.24) is 15.1 Å². The van der Waals surface area contributed by atoms with Crippen LogP contribution >= 0.6 is 11.8 Å². The number of nitrogens with one attached hydrogen (secondary N) is 1. The molecule has 8 heteroatoms. The molecular weight excluding hydrogens is 328 g/mol. The molecule has 0 spiro atoms. The van der Waals surface area contributed by atoms with Gasteiger partial charge in [0.25, 0.3) is 11.1 Å². The van der Waals surface area contributed by atoms with Crippen LogP contribution in [0.5, 0.6) is 0 Å². The molecule has 3 rings (SSSR count). The highest BCUT2D eigenvalue weighted by molar-refractivity contribution is 7.99. The van der Waals surface area contributed by atoms with Crippen LogP contribution in [0.15, 0.2) is 33.9 Å². The molecule has 24 heavy (non-hydrogen) atoms. The normalized spacial score (nSPS) is 13.6. The Bertz CT molecular complexity index is 738. The van der Waals surface area contributed by atoms with Crippen molar-refractivity contribution in [2.75, 3.05) is 25.2 Å². The molecule has 1 aromatic carbocycles. The molecule has 2 amide bonds. The molecule has 7 nitrogen and oxygen atoms in total. The van der Waals surface area contributed by atoms with E-state index in [-0.39, 0.29) is 17.6 Å². The number of carbonyl (C=O) groups is 2. The van der Waals surface area contributed by atoms with E-state index in [9.17, 15) is 9.59 Å². The molecule has 1 N–H and O–H groups in total. The molecule has 1 heterocycles. The standard InChI is InChI=1S/C16H18N4O3S/c1-20(2)15(22)11-5-7-12(8-6-11)17-13(21)9-24-16-19-18-14(23-16)10-3-4-10/h5-8,10H,3-4,9H2,1-2H3,(H,17,21). The Hall–Kier alpha value is -2.35. The van der Waals surface area contributed by atoms with Crippen molar-refractivity contribution >= 4 is 29.3 Å². The van der Waals surface area contributed by atoms with Crippen molar-refractivity contribution in [2.24, 2.45) is 0 Å². The first-order valence-corrected chi connectivity index (χ1v) is 8.59. The van der Waals surface area contributed by atoms with Crippen LogP contribution < -0.4 is 5.32 Å². The zero-order chi connectivity index (χ0) is 17.1. The summed E-state index contributed by atoms with van der Waals surface area (Å²) in [5.41, 5.74) is 1.21. The minimum absolute atomic E-state index is 0.0775. The molecule has 0 radical (unpaired) electrons. The lowest BCUT2D eigenvalue weighted by atomic mass is 10.2. The second-order valence-electron chi connectivity index (χ2n) is 5.79. The van der Waals surface area contributed by atoms with Crippen LogP contribution in [-0.2, 0) is 4.79 Å². The van der Waals surface area contributed by atoms with Crippen molar-refractivity contribution in [3.8, 4) is 0 Å². The summed E-state index contributed by atoms with van der Waals surface area (Å²) in [6.45, 7) is 0. The highest BCUT2D eigenvalue weighted by Crippen LogP contribution is 2.39. The van der Waals surface area contributed by atoms with Crippen molar-refractivity contribution in [3.63, 3.8) is 0 Å². The van der Waals surface area contributed by atoms with E-state index in [1.807, 2.05) is 0 Å². The molecule has 1 fully saturated rings. The van der Waals surface area contributed by atoms with E-state index in [0.29, 0.717) is 28.3 Å². The summed E-state index contributed by atoms with van der Waals surface area (Å²) < 4.78 is 5.49. The first-order valence-electron chi connectivity index (χ1n) is 7.60. The lowest BCUT2D eigenvalue weighted by Gasteiger charge is -2.10. The molecule has 1 saturated carbocycles. The lowest BCUT2D eigenvalue weighted by molar-refractivity contribution is -0.113. The van der Waals surface area contributed by atoms with Crippen LogP contribution in [0.2, 0.25) is 0 Å². The summed E-state index contributed by atoms with van der Waals surface area (Å²) in [5.74, 6) is 1.01. The van der Waals surface area contributed by atoms with Gasteiger partial charge >= 0.3 is 0 Å². The first-order chi connectivity index (χ1) is 11.5. The molecule has 0 bridgehead atoms. The Morgan fingerprint density at radius 3 is 2.58 bits per heavy atom. The maximum atomic E-state index is 12.0. The van der Waals surface area contributed by atoms with Gasteiger partial charge in [-0.05, 0) is 37.1 Å².